The monoisotopic (exact) mass is 492 g/mol. The molecule has 0 radical (unpaired) electrons. The molecule has 0 saturated carbocycles. The molecule has 12 heteroatoms. The molecule has 0 unspecified atom stereocenters. The fourth-order valence-electron chi connectivity index (χ4n) is 2.64. The molecule has 3 N–H and O–H groups in total. The second kappa shape index (κ2) is 10.1. The van der Waals surface area contributed by atoms with Gasteiger partial charge in [-0.3, -0.25) is 4.79 Å². The second-order valence-corrected chi connectivity index (χ2v) is 9.23. The molecule has 0 aliphatic carbocycles. The van der Waals surface area contributed by atoms with Gasteiger partial charge in [0, 0.05) is 0 Å². The normalized spacial score (nSPS) is 16.1. The Hall–Kier alpha value is -3.04. The average Bonchev–Trinajstić information content (AvgIpc) is 3.06. The van der Waals surface area contributed by atoms with Crippen molar-refractivity contribution in [2.45, 2.75) is 11.8 Å². The number of nitrogens with one attached hydrogen (secondary N) is 1. The fraction of sp³-hybridized carbons (Fsp3) is 0.150. The lowest BCUT2D eigenvalue weighted by atomic mass is 10.2. The maximum atomic E-state index is 12.4. The average molecular weight is 493 g/mol. The van der Waals surface area contributed by atoms with Crippen molar-refractivity contribution in [2.75, 3.05) is 13.2 Å². The van der Waals surface area contributed by atoms with E-state index < -0.39 is 10.0 Å². The van der Waals surface area contributed by atoms with E-state index in [4.69, 9.17) is 31.5 Å². The first-order valence-electron chi connectivity index (χ1n) is 9.10. The number of aliphatic imine (C=N–C) groups is 1. The summed E-state index contributed by atoms with van der Waals surface area (Å²) < 4.78 is 33.6. The molecule has 1 heterocycles. The van der Waals surface area contributed by atoms with E-state index in [0.717, 1.165) is 11.8 Å². The third-order valence-corrected chi connectivity index (χ3v) is 6.08. The number of nitrogens with zero attached hydrogens (tertiary/aromatic N) is 2. The van der Waals surface area contributed by atoms with Crippen LogP contribution in [-0.4, -0.2) is 32.7 Å². The maximum absolute atomic E-state index is 12.4. The van der Waals surface area contributed by atoms with Crippen LogP contribution in [0, 0.1) is 11.3 Å². The van der Waals surface area contributed by atoms with Crippen LogP contribution >= 0.6 is 23.4 Å². The molecule has 166 valence electrons. The second-order valence-electron chi connectivity index (χ2n) is 6.23. The molecule has 1 saturated heterocycles. The van der Waals surface area contributed by atoms with Gasteiger partial charge in [-0.05, 0) is 66.7 Å². The number of nitriles is 1. The van der Waals surface area contributed by atoms with E-state index in [1.54, 1.807) is 25.1 Å². The highest BCUT2D eigenvalue weighted by Crippen LogP contribution is 2.38. The predicted octanol–water partition coefficient (Wildman–Crippen LogP) is 3.18. The molecule has 0 atom stereocenters. The summed E-state index contributed by atoms with van der Waals surface area (Å²) in [7, 11) is -3.80. The zero-order valence-corrected chi connectivity index (χ0v) is 19.1. The van der Waals surface area contributed by atoms with Crippen LogP contribution in [0.2, 0.25) is 5.02 Å². The minimum Gasteiger partial charge on any atom is -0.490 e. The van der Waals surface area contributed by atoms with Gasteiger partial charge in [0.05, 0.1) is 27.1 Å². The SMILES string of the molecule is CCOc1cc(/C=C2/SC(=Nc3ccc(S(N)(=O)=O)cc3)NC2=O)cc(Cl)c1OCC#N. The van der Waals surface area contributed by atoms with E-state index in [9.17, 15) is 13.2 Å². The Labute approximate surface area is 193 Å². The third-order valence-electron chi connectivity index (χ3n) is 3.96. The number of sulfonamides is 1. The van der Waals surface area contributed by atoms with Crippen LogP contribution in [0.5, 0.6) is 11.5 Å². The van der Waals surface area contributed by atoms with Gasteiger partial charge in [0.1, 0.15) is 6.07 Å². The minimum absolute atomic E-state index is 0.0330. The topological polar surface area (TPSA) is 144 Å². The highest BCUT2D eigenvalue weighted by molar-refractivity contribution is 8.18. The number of benzene rings is 2. The lowest BCUT2D eigenvalue weighted by Crippen LogP contribution is -2.19. The maximum Gasteiger partial charge on any atom is 0.264 e. The lowest BCUT2D eigenvalue weighted by molar-refractivity contribution is -0.115. The van der Waals surface area contributed by atoms with Crippen molar-refractivity contribution in [3.8, 4) is 17.6 Å². The van der Waals surface area contributed by atoms with Gasteiger partial charge in [-0.15, -0.1) is 0 Å². The van der Waals surface area contributed by atoms with Crippen molar-refractivity contribution in [1.82, 2.24) is 5.32 Å². The van der Waals surface area contributed by atoms with Gasteiger partial charge in [0.15, 0.2) is 23.3 Å². The van der Waals surface area contributed by atoms with E-state index >= 15 is 0 Å². The van der Waals surface area contributed by atoms with Gasteiger partial charge in [-0.1, -0.05) is 11.6 Å². The van der Waals surface area contributed by atoms with E-state index in [0.29, 0.717) is 33.7 Å². The predicted molar refractivity (Wildman–Crippen MR) is 122 cm³/mol. The lowest BCUT2D eigenvalue weighted by Gasteiger charge is -2.12. The van der Waals surface area contributed by atoms with Gasteiger partial charge in [-0.25, -0.2) is 18.5 Å². The third kappa shape index (κ3) is 5.80. The Kier molecular flexibility index (Phi) is 7.42. The number of hydrogen-bond donors (Lipinski definition) is 2. The Morgan fingerprint density at radius 1 is 1.28 bits per heavy atom. The molecule has 2 aromatic rings. The molecule has 32 heavy (non-hydrogen) atoms. The van der Waals surface area contributed by atoms with E-state index in [1.165, 1.54) is 24.3 Å². The van der Waals surface area contributed by atoms with Crippen LogP contribution < -0.4 is 19.9 Å². The van der Waals surface area contributed by atoms with Gasteiger partial charge < -0.3 is 14.8 Å². The van der Waals surface area contributed by atoms with E-state index in [2.05, 4.69) is 10.3 Å². The molecule has 0 bridgehead atoms. The molecule has 1 aliphatic heterocycles. The number of primary sulfonamides is 1. The van der Waals surface area contributed by atoms with Gasteiger partial charge in [0.25, 0.3) is 5.91 Å². The Balaban J connectivity index is 1.85. The molecular weight excluding hydrogens is 476 g/mol. The highest BCUT2D eigenvalue weighted by atomic mass is 35.5. The molecule has 1 fully saturated rings. The van der Waals surface area contributed by atoms with Crippen molar-refractivity contribution in [2.24, 2.45) is 10.1 Å². The Morgan fingerprint density at radius 2 is 2.00 bits per heavy atom. The van der Waals surface area contributed by atoms with Crippen LogP contribution in [0.15, 0.2) is 51.2 Å². The summed E-state index contributed by atoms with van der Waals surface area (Å²) in [6.07, 6.45) is 1.62. The largest absolute Gasteiger partial charge is 0.490 e. The van der Waals surface area contributed by atoms with Gasteiger partial charge >= 0.3 is 0 Å². The number of carbonyl (C=O) groups is 1. The quantitative estimate of drug-likeness (QED) is 0.564. The zero-order valence-electron chi connectivity index (χ0n) is 16.7. The van der Waals surface area contributed by atoms with Crippen LogP contribution in [0.1, 0.15) is 12.5 Å². The van der Waals surface area contributed by atoms with Crippen molar-refractivity contribution in [3.05, 3.63) is 51.9 Å². The molecule has 3 rings (SSSR count). The van der Waals surface area contributed by atoms with E-state index in [-0.39, 0.29) is 28.2 Å². The van der Waals surface area contributed by atoms with Crippen molar-refractivity contribution in [1.29, 1.82) is 5.26 Å². The first-order valence-corrected chi connectivity index (χ1v) is 11.8. The molecule has 9 nitrogen and oxygen atoms in total. The van der Waals surface area contributed by atoms with Crippen molar-refractivity contribution < 1.29 is 22.7 Å². The summed E-state index contributed by atoms with van der Waals surface area (Å²) in [6, 6.07) is 10.8. The molecule has 2 aromatic carbocycles. The number of thioether (sulfide) groups is 1. The van der Waals surface area contributed by atoms with Crippen LogP contribution in [0.4, 0.5) is 5.69 Å². The number of hydrogen-bond acceptors (Lipinski definition) is 8. The highest BCUT2D eigenvalue weighted by Gasteiger charge is 2.24. The summed E-state index contributed by atoms with van der Waals surface area (Å²) in [5, 5.41) is 17.0. The standard InChI is InChI=1S/C20H17ClN4O5S2/c1-2-29-16-10-12(9-15(21)18(16)30-8-7-22)11-17-19(26)25-20(31-17)24-13-3-5-14(6-4-13)32(23,27)28/h3-6,9-11H,2,8H2,1H3,(H2,23,27,28)(H,24,25,26)/b17-11+. The number of rotatable bonds is 7. The number of amides is 1. The molecular formula is C20H17ClN4O5S2. The van der Waals surface area contributed by atoms with Gasteiger partial charge in [-0.2, -0.15) is 5.26 Å². The molecule has 0 aromatic heterocycles. The Bertz CT molecular complexity index is 1250. The number of carbonyl (C=O) groups excluding carboxylic acids is 1. The van der Waals surface area contributed by atoms with Gasteiger partial charge in [0.2, 0.25) is 10.0 Å². The van der Waals surface area contributed by atoms with Crippen molar-refractivity contribution >= 4 is 56.2 Å². The number of halogens is 1. The smallest absolute Gasteiger partial charge is 0.264 e. The first-order chi connectivity index (χ1) is 15.2. The van der Waals surface area contributed by atoms with Crippen LogP contribution in [0.25, 0.3) is 6.08 Å². The number of ether oxygens (including phenoxy) is 2. The zero-order chi connectivity index (χ0) is 23.3. The number of nitrogens with two attached hydrogens (primary N) is 1. The summed E-state index contributed by atoms with van der Waals surface area (Å²) >= 11 is 7.39. The van der Waals surface area contributed by atoms with Crippen LogP contribution in [0.3, 0.4) is 0 Å². The van der Waals surface area contributed by atoms with E-state index in [1.807, 2.05) is 6.07 Å². The molecule has 0 spiro atoms. The van der Waals surface area contributed by atoms with Crippen LogP contribution in [-0.2, 0) is 14.8 Å². The number of amidine groups is 1. The minimum atomic E-state index is -3.80. The van der Waals surface area contributed by atoms with Crippen molar-refractivity contribution in [3.63, 3.8) is 0 Å². The molecule has 1 aliphatic rings. The summed E-state index contributed by atoms with van der Waals surface area (Å²) in [4.78, 5) is 17.0. The summed E-state index contributed by atoms with van der Waals surface area (Å²) in [5.41, 5.74) is 1.04. The molecule has 1 amide bonds. The summed E-state index contributed by atoms with van der Waals surface area (Å²) in [5.74, 6) is 0.258. The summed E-state index contributed by atoms with van der Waals surface area (Å²) in [6.45, 7) is 1.97. The Morgan fingerprint density at radius 3 is 2.62 bits per heavy atom. The first kappa shape index (κ1) is 23.6. The fourth-order valence-corrected chi connectivity index (χ4v) is 4.27.